The number of aliphatic hydroxyl groups excluding tert-OH is 1. The number of aryl methyl sites for hydroxylation is 2. The van der Waals surface area contributed by atoms with Gasteiger partial charge in [-0.25, -0.2) is 4.79 Å². The third-order valence-corrected chi connectivity index (χ3v) is 4.08. The van der Waals surface area contributed by atoms with Gasteiger partial charge >= 0.3 is 5.97 Å². The third kappa shape index (κ3) is 5.77. The molecule has 2 N–H and O–H groups in total. The Balaban J connectivity index is 2.39. The Morgan fingerprint density at radius 1 is 1.33 bits per heavy atom. The van der Waals surface area contributed by atoms with Crippen LogP contribution in [0.25, 0.3) is 0 Å². The molecule has 0 aliphatic rings. The molecule has 1 unspecified atom stereocenters. The van der Waals surface area contributed by atoms with Gasteiger partial charge in [0.1, 0.15) is 0 Å². The molecule has 1 amide bonds. The molecule has 0 spiro atoms. The number of benzene rings is 1. The summed E-state index contributed by atoms with van der Waals surface area (Å²) in [6, 6.07) is 5.17. The van der Waals surface area contributed by atoms with E-state index in [0.29, 0.717) is 5.75 Å². The summed E-state index contributed by atoms with van der Waals surface area (Å²) in [4.78, 5) is 24.1. The van der Waals surface area contributed by atoms with E-state index in [0.717, 1.165) is 4.90 Å². The minimum atomic E-state index is -0.992. The summed E-state index contributed by atoms with van der Waals surface area (Å²) in [5, 5.41) is 11.5. The molecule has 5 nitrogen and oxygen atoms in total. The molecular weight excluding hydrogens is 290 g/mol. The first-order valence-electron chi connectivity index (χ1n) is 6.66. The number of esters is 1. The highest BCUT2D eigenvalue weighted by Gasteiger charge is 2.19. The molecule has 116 valence electrons. The van der Waals surface area contributed by atoms with Crippen molar-refractivity contribution in [2.24, 2.45) is 0 Å². The highest BCUT2D eigenvalue weighted by Crippen LogP contribution is 2.21. The summed E-state index contributed by atoms with van der Waals surface area (Å²) in [6.07, 6.45) is 0.269. The van der Waals surface area contributed by atoms with Crippen molar-refractivity contribution < 1.29 is 19.4 Å². The van der Waals surface area contributed by atoms with E-state index in [1.54, 1.807) is 11.8 Å². The Morgan fingerprint density at radius 3 is 2.62 bits per heavy atom. The fraction of sp³-hybridized carbons (Fsp3) is 0.467. The van der Waals surface area contributed by atoms with Crippen LogP contribution >= 0.6 is 11.8 Å². The first-order chi connectivity index (χ1) is 9.97. The third-order valence-electron chi connectivity index (χ3n) is 3.08. The maximum Gasteiger partial charge on any atom is 0.330 e. The number of carbonyl (C=O) groups is 2. The molecule has 0 aliphatic carbocycles. The number of amides is 1. The molecule has 21 heavy (non-hydrogen) atoms. The number of rotatable bonds is 7. The summed E-state index contributed by atoms with van der Waals surface area (Å²) in [7, 11) is 1.22. The van der Waals surface area contributed by atoms with Crippen LogP contribution in [0, 0.1) is 13.8 Å². The second-order valence-corrected chi connectivity index (χ2v) is 5.84. The summed E-state index contributed by atoms with van der Waals surface area (Å²) in [6.45, 7) is 3.64. The Hall–Kier alpha value is -1.53. The molecule has 0 fully saturated rings. The Labute approximate surface area is 129 Å². The van der Waals surface area contributed by atoms with Crippen LogP contribution in [0.1, 0.15) is 17.5 Å². The lowest BCUT2D eigenvalue weighted by molar-refractivity contribution is -0.146. The predicted molar refractivity (Wildman–Crippen MR) is 82.3 cm³/mol. The maximum atomic E-state index is 11.7. The zero-order chi connectivity index (χ0) is 15.8. The fourth-order valence-corrected chi connectivity index (χ4v) is 2.60. The van der Waals surface area contributed by atoms with Gasteiger partial charge in [0.2, 0.25) is 5.91 Å². The van der Waals surface area contributed by atoms with Crippen LogP contribution < -0.4 is 5.32 Å². The highest BCUT2D eigenvalue weighted by atomic mass is 32.2. The van der Waals surface area contributed by atoms with Crippen molar-refractivity contribution in [1.82, 2.24) is 5.32 Å². The molecule has 0 heterocycles. The molecule has 1 rings (SSSR count). The van der Waals surface area contributed by atoms with Gasteiger partial charge in [0.25, 0.3) is 0 Å². The van der Waals surface area contributed by atoms with Crippen LogP contribution in [0.15, 0.2) is 23.1 Å². The molecule has 0 saturated carbocycles. The minimum absolute atomic E-state index is 0.269. The van der Waals surface area contributed by atoms with Gasteiger partial charge in [-0.3, -0.25) is 4.79 Å². The molecular formula is C15H21NO4S. The fourth-order valence-electron chi connectivity index (χ4n) is 1.65. The first kappa shape index (κ1) is 17.5. The summed E-state index contributed by atoms with van der Waals surface area (Å²) >= 11 is 1.58. The van der Waals surface area contributed by atoms with E-state index in [-0.39, 0.29) is 12.3 Å². The Bertz CT molecular complexity index is 504. The largest absolute Gasteiger partial charge is 0.467 e. The number of hydrogen-bond donors (Lipinski definition) is 2. The lowest BCUT2D eigenvalue weighted by atomic mass is 10.1. The Kier molecular flexibility index (Phi) is 7.25. The summed E-state index contributed by atoms with van der Waals surface area (Å²) < 4.78 is 4.48. The van der Waals surface area contributed by atoms with E-state index in [9.17, 15) is 9.59 Å². The van der Waals surface area contributed by atoms with Gasteiger partial charge in [-0.1, -0.05) is 6.07 Å². The second-order valence-electron chi connectivity index (χ2n) is 4.67. The van der Waals surface area contributed by atoms with Gasteiger partial charge in [-0.2, -0.15) is 0 Å². The van der Waals surface area contributed by atoms with Crippen molar-refractivity contribution in [2.75, 3.05) is 19.5 Å². The normalized spacial score (nSPS) is 11.8. The number of methoxy groups -OCH3 is 1. The summed E-state index contributed by atoms with van der Waals surface area (Å²) in [5.74, 6) is -0.323. The van der Waals surface area contributed by atoms with E-state index in [1.807, 2.05) is 13.0 Å². The molecule has 0 radical (unpaired) electrons. The number of thioether (sulfide) groups is 1. The maximum absolute atomic E-state index is 11.7. The van der Waals surface area contributed by atoms with Crippen LogP contribution in [-0.4, -0.2) is 42.5 Å². The van der Waals surface area contributed by atoms with E-state index < -0.39 is 18.6 Å². The smallest absolute Gasteiger partial charge is 0.330 e. The summed E-state index contributed by atoms with van der Waals surface area (Å²) in [5.41, 5.74) is 2.46. The molecule has 6 heteroatoms. The van der Waals surface area contributed by atoms with E-state index in [1.165, 1.54) is 18.2 Å². The van der Waals surface area contributed by atoms with Crippen LogP contribution in [-0.2, 0) is 14.3 Å². The van der Waals surface area contributed by atoms with Crippen LogP contribution in [0.4, 0.5) is 0 Å². The quantitative estimate of drug-likeness (QED) is 0.588. The van der Waals surface area contributed by atoms with Gasteiger partial charge in [0.15, 0.2) is 6.04 Å². The van der Waals surface area contributed by atoms with Crippen molar-refractivity contribution in [1.29, 1.82) is 0 Å². The average molecular weight is 311 g/mol. The lowest BCUT2D eigenvalue weighted by Crippen LogP contribution is -2.44. The molecule has 1 atom stereocenters. The van der Waals surface area contributed by atoms with Gasteiger partial charge < -0.3 is 15.2 Å². The van der Waals surface area contributed by atoms with E-state index >= 15 is 0 Å². The number of hydrogen-bond acceptors (Lipinski definition) is 5. The molecule has 0 saturated heterocycles. The Morgan fingerprint density at radius 2 is 2.05 bits per heavy atom. The molecule has 1 aromatic carbocycles. The number of carbonyl (C=O) groups excluding carboxylic acids is 2. The van der Waals surface area contributed by atoms with E-state index in [4.69, 9.17) is 5.11 Å². The van der Waals surface area contributed by atoms with Gasteiger partial charge in [0, 0.05) is 17.1 Å². The van der Waals surface area contributed by atoms with Crippen LogP contribution in [0.5, 0.6) is 0 Å². The molecule has 0 bridgehead atoms. The van der Waals surface area contributed by atoms with Crippen molar-refractivity contribution in [3.05, 3.63) is 29.3 Å². The van der Waals surface area contributed by atoms with Crippen molar-refractivity contribution in [3.63, 3.8) is 0 Å². The standard InChI is InChI=1S/C15H21NO4S/c1-10-4-5-12(8-11(10)2)21-7-6-14(18)16-13(9-17)15(19)20-3/h4-5,8,13,17H,6-7,9H2,1-3H3,(H,16,18). The molecule has 1 aromatic rings. The first-order valence-corrected chi connectivity index (χ1v) is 7.64. The monoisotopic (exact) mass is 311 g/mol. The van der Waals surface area contributed by atoms with Crippen molar-refractivity contribution in [3.8, 4) is 0 Å². The number of ether oxygens (including phenoxy) is 1. The number of nitrogens with one attached hydrogen (secondary N) is 1. The molecule has 0 aromatic heterocycles. The molecule has 0 aliphatic heterocycles. The van der Waals surface area contributed by atoms with Gasteiger partial charge in [-0.05, 0) is 37.1 Å². The number of aliphatic hydroxyl groups is 1. The van der Waals surface area contributed by atoms with Gasteiger partial charge in [0.05, 0.1) is 13.7 Å². The zero-order valence-electron chi connectivity index (χ0n) is 12.5. The highest BCUT2D eigenvalue weighted by molar-refractivity contribution is 7.99. The SMILES string of the molecule is COC(=O)C(CO)NC(=O)CCSc1ccc(C)c(C)c1. The topological polar surface area (TPSA) is 75.6 Å². The van der Waals surface area contributed by atoms with Gasteiger partial charge in [-0.15, -0.1) is 11.8 Å². The second kappa shape index (κ2) is 8.69. The average Bonchev–Trinajstić information content (AvgIpc) is 2.47. The predicted octanol–water partition coefficient (Wildman–Crippen LogP) is 1.44. The zero-order valence-corrected chi connectivity index (χ0v) is 13.3. The van der Waals surface area contributed by atoms with Crippen molar-refractivity contribution in [2.45, 2.75) is 31.2 Å². The van der Waals surface area contributed by atoms with E-state index in [2.05, 4.69) is 29.1 Å². The minimum Gasteiger partial charge on any atom is -0.467 e. The van der Waals surface area contributed by atoms with Crippen LogP contribution in [0.3, 0.4) is 0 Å². The van der Waals surface area contributed by atoms with Crippen molar-refractivity contribution >= 4 is 23.6 Å². The lowest BCUT2D eigenvalue weighted by Gasteiger charge is -2.13. The van der Waals surface area contributed by atoms with Crippen LogP contribution in [0.2, 0.25) is 0 Å².